The number of aryl methyl sites for hydroxylation is 1. The fraction of sp³-hybridized carbons (Fsp3) is 0.250. The van der Waals surface area contributed by atoms with Gasteiger partial charge in [0.25, 0.3) is 5.91 Å². The Morgan fingerprint density at radius 2 is 2.00 bits per heavy atom. The van der Waals surface area contributed by atoms with Gasteiger partial charge in [-0.2, -0.15) is 0 Å². The van der Waals surface area contributed by atoms with Crippen LogP contribution in [0.15, 0.2) is 48.5 Å². The van der Waals surface area contributed by atoms with Crippen LogP contribution in [0.1, 0.15) is 38.4 Å². The monoisotopic (exact) mass is 382 g/mol. The van der Waals surface area contributed by atoms with Gasteiger partial charge in [-0.3, -0.25) is 9.69 Å². The summed E-state index contributed by atoms with van der Waals surface area (Å²) in [5.74, 6) is -0.679. The second kappa shape index (κ2) is 7.54. The van der Waals surface area contributed by atoms with Crippen molar-refractivity contribution in [3.05, 3.63) is 75.5 Å². The molecule has 138 valence electrons. The number of fused-ring (bicyclic) bond motifs is 1. The third-order valence-corrected chi connectivity index (χ3v) is 5.69. The summed E-state index contributed by atoms with van der Waals surface area (Å²) in [6.45, 7) is 0.639. The normalized spacial score (nSPS) is 15.7. The first-order chi connectivity index (χ1) is 13.1. The topological polar surface area (TPSA) is 58.1 Å². The Labute approximate surface area is 160 Å². The van der Waals surface area contributed by atoms with Crippen LogP contribution in [-0.2, 0) is 13.0 Å². The van der Waals surface area contributed by atoms with E-state index in [2.05, 4.69) is 51.7 Å². The minimum atomic E-state index is -0.345. The number of rotatable bonds is 5. The van der Waals surface area contributed by atoms with E-state index in [4.69, 9.17) is 0 Å². The first-order valence-electron chi connectivity index (χ1n) is 8.77. The van der Waals surface area contributed by atoms with E-state index in [1.807, 2.05) is 0 Å². The average molecular weight is 382 g/mol. The molecule has 0 fully saturated rings. The molecule has 0 bridgehead atoms. The Morgan fingerprint density at radius 3 is 2.81 bits per heavy atom. The van der Waals surface area contributed by atoms with Crippen molar-refractivity contribution in [1.82, 2.24) is 15.1 Å². The lowest BCUT2D eigenvalue weighted by molar-refractivity contribution is 0.102. The summed E-state index contributed by atoms with van der Waals surface area (Å²) in [6.07, 6.45) is 2.18. The summed E-state index contributed by atoms with van der Waals surface area (Å²) in [5.41, 5.74) is 3.31. The fourth-order valence-electron chi connectivity index (χ4n) is 3.44. The molecular formula is C20H19FN4OS. The number of anilines is 1. The lowest BCUT2D eigenvalue weighted by Gasteiger charge is -2.23. The van der Waals surface area contributed by atoms with Gasteiger partial charge in [-0.25, -0.2) is 4.39 Å². The predicted octanol–water partition coefficient (Wildman–Crippen LogP) is 4.05. The molecule has 0 unspecified atom stereocenters. The highest BCUT2D eigenvalue weighted by Crippen LogP contribution is 2.35. The lowest BCUT2D eigenvalue weighted by Crippen LogP contribution is -2.22. The number of hydrogen-bond donors (Lipinski definition) is 1. The first-order valence-corrected chi connectivity index (χ1v) is 9.59. The van der Waals surface area contributed by atoms with E-state index < -0.39 is 0 Å². The number of carbonyl (C=O) groups excluding carboxylic acids is 1. The summed E-state index contributed by atoms with van der Waals surface area (Å²) in [6, 6.07) is 14.5. The van der Waals surface area contributed by atoms with Crippen LogP contribution in [0, 0.1) is 5.82 Å². The molecule has 5 nitrogen and oxygen atoms in total. The molecule has 27 heavy (non-hydrogen) atoms. The minimum absolute atomic E-state index is 0.301. The molecule has 1 amide bonds. The molecule has 0 spiro atoms. The number of nitrogens with one attached hydrogen (secondary N) is 1. The summed E-state index contributed by atoms with van der Waals surface area (Å²) < 4.78 is 13.0. The molecule has 1 heterocycles. The maximum atomic E-state index is 13.0. The highest BCUT2D eigenvalue weighted by atomic mass is 32.1. The van der Waals surface area contributed by atoms with E-state index in [1.165, 1.54) is 46.7 Å². The Hall–Kier alpha value is -2.64. The van der Waals surface area contributed by atoms with E-state index >= 15 is 0 Å². The molecule has 0 aliphatic heterocycles. The van der Waals surface area contributed by atoms with Crippen LogP contribution in [-0.4, -0.2) is 28.1 Å². The van der Waals surface area contributed by atoms with Gasteiger partial charge in [0, 0.05) is 11.7 Å². The molecule has 1 aliphatic carbocycles. The maximum Gasteiger partial charge on any atom is 0.286 e. The first kappa shape index (κ1) is 17.8. The van der Waals surface area contributed by atoms with Crippen molar-refractivity contribution in [1.29, 1.82) is 0 Å². The van der Waals surface area contributed by atoms with Crippen LogP contribution in [0.4, 0.5) is 10.1 Å². The zero-order valence-electron chi connectivity index (χ0n) is 14.9. The Kier molecular flexibility index (Phi) is 4.96. The van der Waals surface area contributed by atoms with Gasteiger partial charge in [0.15, 0.2) is 0 Å². The van der Waals surface area contributed by atoms with Gasteiger partial charge in [0.2, 0.25) is 5.01 Å². The molecule has 1 aliphatic rings. The van der Waals surface area contributed by atoms with Crippen molar-refractivity contribution in [3.8, 4) is 0 Å². The maximum absolute atomic E-state index is 13.0. The van der Waals surface area contributed by atoms with Crippen LogP contribution >= 0.6 is 11.3 Å². The third-order valence-electron chi connectivity index (χ3n) is 4.78. The summed E-state index contributed by atoms with van der Waals surface area (Å²) in [7, 11) is 2.08. The van der Waals surface area contributed by atoms with Gasteiger partial charge in [-0.05, 0) is 55.3 Å². The van der Waals surface area contributed by atoms with Gasteiger partial charge in [0.1, 0.15) is 10.8 Å². The Balaban J connectivity index is 1.41. The van der Waals surface area contributed by atoms with Crippen molar-refractivity contribution in [3.63, 3.8) is 0 Å². The molecule has 4 rings (SSSR count). The molecule has 1 atom stereocenters. The number of carbonyl (C=O) groups is 1. The summed E-state index contributed by atoms with van der Waals surface area (Å²) in [5, 5.41) is 12.0. The molecule has 2 aromatic carbocycles. The zero-order chi connectivity index (χ0) is 18.8. The largest absolute Gasteiger partial charge is 0.320 e. The van der Waals surface area contributed by atoms with Gasteiger partial charge < -0.3 is 5.32 Å². The number of benzene rings is 2. The van der Waals surface area contributed by atoms with Crippen molar-refractivity contribution in [2.75, 3.05) is 12.4 Å². The second-order valence-electron chi connectivity index (χ2n) is 6.63. The van der Waals surface area contributed by atoms with Gasteiger partial charge in [0.05, 0.1) is 6.54 Å². The molecule has 7 heteroatoms. The SMILES string of the molecule is CN(Cc1nnc(C(=O)Nc2ccc(F)cc2)s1)[C@@H]1CCc2ccccc21. The molecule has 0 radical (unpaired) electrons. The van der Waals surface area contributed by atoms with Crippen molar-refractivity contribution in [2.24, 2.45) is 0 Å². The number of amides is 1. The molecule has 0 saturated carbocycles. The van der Waals surface area contributed by atoms with Crippen molar-refractivity contribution in [2.45, 2.75) is 25.4 Å². The quantitative estimate of drug-likeness (QED) is 0.723. The van der Waals surface area contributed by atoms with E-state index in [1.54, 1.807) is 0 Å². The average Bonchev–Trinajstić information content (AvgIpc) is 3.30. The molecule has 1 N–H and O–H groups in total. The second-order valence-corrected chi connectivity index (χ2v) is 7.69. The van der Waals surface area contributed by atoms with Gasteiger partial charge in [-0.1, -0.05) is 35.6 Å². The van der Waals surface area contributed by atoms with Crippen LogP contribution in [0.5, 0.6) is 0 Å². The number of halogens is 1. The number of hydrogen-bond acceptors (Lipinski definition) is 5. The molecular weight excluding hydrogens is 363 g/mol. The fourth-order valence-corrected chi connectivity index (χ4v) is 4.24. The highest BCUT2D eigenvalue weighted by molar-refractivity contribution is 7.13. The van der Waals surface area contributed by atoms with Crippen LogP contribution in [0.2, 0.25) is 0 Å². The summed E-state index contributed by atoms with van der Waals surface area (Å²) in [4.78, 5) is 14.6. The van der Waals surface area contributed by atoms with E-state index in [0.717, 1.165) is 17.8 Å². The van der Waals surface area contributed by atoms with Crippen LogP contribution in [0.25, 0.3) is 0 Å². The van der Waals surface area contributed by atoms with Gasteiger partial charge in [-0.15, -0.1) is 10.2 Å². The van der Waals surface area contributed by atoms with Crippen LogP contribution < -0.4 is 5.32 Å². The Bertz CT molecular complexity index is 957. The predicted molar refractivity (Wildman–Crippen MR) is 103 cm³/mol. The molecule has 0 saturated heterocycles. The van der Waals surface area contributed by atoms with Gasteiger partial charge >= 0.3 is 0 Å². The minimum Gasteiger partial charge on any atom is -0.320 e. The highest BCUT2D eigenvalue weighted by Gasteiger charge is 2.26. The summed E-state index contributed by atoms with van der Waals surface area (Å²) >= 11 is 1.28. The van der Waals surface area contributed by atoms with E-state index in [0.29, 0.717) is 23.3 Å². The van der Waals surface area contributed by atoms with Crippen molar-refractivity contribution < 1.29 is 9.18 Å². The van der Waals surface area contributed by atoms with E-state index in [-0.39, 0.29) is 11.7 Å². The lowest BCUT2D eigenvalue weighted by atomic mass is 10.1. The number of aromatic nitrogens is 2. The number of nitrogens with zero attached hydrogens (tertiary/aromatic N) is 3. The van der Waals surface area contributed by atoms with E-state index in [9.17, 15) is 9.18 Å². The molecule has 1 aromatic heterocycles. The Morgan fingerprint density at radius 1 is 1.22 bits per heavy atom. The smallest absolute Gasteiger partial charge is 0.286 e. The molecule has 3 aromatic rings. The standard InChI is InChI=1S/C20H19FN4OS/c1-25(17-11-6-13-4-2-3-5-16(13)17)12-18-23-24-20(27-18)19(26)22-15-9-7-14(21)8-10-15/h2-5,7-10,17H,6,11-12H2,1H3,(H,22,26)/t17-/m1/s1. The third kappa shape index (κ3) is 3.89. The van der Waals surface area contributed by atoms with Crippen LogP contribution in [0.3, 0.4) is 0 Å². The van der Waals surface area contributed by atoms with Crippen molar-refractivity contribution >= 4 is 22.9 Å². The zero-order valence-corrected chi connectivity index (χ0v) is 15.7.